The number of ether oxygens (including phenoxy) is 1. The van der Waals surface area contributed by atoms with Gasteiger partial charge in [0, 0.05) is 22.3 Å². The molecule has 0 radical (unpaired) electrons. The minimum absolute atomic E-state index is 0.189. The van der Waals surface area contributed by atoms with E-state index in [4.69, 9.17) is 4.74 Å². The standard InChI is InChI=1S/C32H25NO2/c34-31(25-15-5-1-6-16-25)33-29-23-13-14-24-30(29)35-32(26-17-7-2-8-18-26,27-19-9-3-10-20-27)28-21-11-4-12-22-28/h1-24H,(H,33,34). The highest BCUT2D eigenvalue weighted by Crippen LogP contribution is 2.43. The molecule has 5 aromatic rings. The number of nitrogens with one attached hydrogen (secondary N) is 1. The topological polar surface area (TPSA) is 38.3 Å². The highest BCUT2D eigenvalue weighted by molar-refractivity contribution is 6.05. The smallest absolute Gasteiger partial charge is 0.255 e. The number of rotatable bonds is 7. The molecule has 3 nitrogen and oxygen atoms in total. The van der Waals surface area contributed by atoms with Crippen molar-refractivity contribution in [3.8, 4) is 5.75 Å². The van der Waals surface area contributed by atoms with E-state index in [1.54, 1.807) is 12.1 Å². The molecule has 5 aromatic carbocycles. The molecule has 0 saturated carbocycles. The van der Waals surface area contributed by atoms with Crippen molar-refractivity contribution >= 4 is 11.6 Å². The molecule has 1 N–H and O–H groups in total. The number of anilines is 1. The largest absolute Gasteiger partial charge is 0.471 e. The van der Waals surface area contributed by atoms with Crippen LogP contribution in [0.5, 0.6) is 5.75 Å². The Labute approximate surface area is 205 Å². The Bertz CT molecular complexity index is 1290. The van der Waals surface area contributed by atoms with Gasteiger partial charge in [0.2, 0.25) is 0 Å². The molecule has 0 unspecified atom stereocenters. The first-order valence-electron chi connectivity index (χ1n) is 11.6. The van der Waals surface area contributed by atoms with Crippen LogP contribution in [0.3, 0.4) is 0 Å². The van der Waals surface area contributed by atoms with Crippen LogP contribution in [0.2, 0.25) is 0 Å². The van der Waals surface area contributed by atoms with Crippen molar-refractivity contribution in [3.63, 3.8) is 0 Å². The van der Waals surface area contributed by atoms with Crippen molar-refractivity contribution in [2.45, 2.75) is 5.60 Å². The van der Waals surface area contributed by atoms with E-state index in [2.05, 4.69) is 41.7 Å². The van der Waals surface area contributed by atoms with Crippen molar-refractivity contribution in [2.24, 2.45) is 0 Å². The highest BCUT2D eigenvalue weighted by Gasteiger charge is 2.39. The molecule has 0 spiro atoms. The predicted octanol–water partition coefficient (Wildman–Crippen LogP) is 7.31. The predicted molar refractivity (Wildman–Crippen MR) is 141 cm³/mol. The van der Waals surface area contributed by atoms with Gasteiger partial charge >= 0.3 is 0 Å². The van der Waals surface area contributed by atoms with Crippen LogP contribution in [0.4, 0.5) is 5.69 Å². The fraction of sp³-hybridized carbons (Fsp3) is 0.0312. The summed E-state index contributed by atoms with van der Waals surface area (Å²) in [5.41, 5.74) is 3.22. The fourth-order valence-electron chi connectivity index (χ4n) is 4.30. The summed E-state index contributed by atoms with van der Waals surface area (Å²) in [4.78, 5) is 13.0. The molecule has 0 heterocycles. The molecule has 3 heteroatoms. The summed E-state index contributed by atoms with van der Waals surface area (Å²) in [7, 11) is 0. The lowest BCUT2D eigenvalue weighted by molar-refractivity contribution is 0.102. The Hall–Kier alpha value is -4.63. The quantitative estimate of drug-likeness (QED) is 0.261. The minimum atomic E-state index is -0.933. The van der Waals surface area contributed by atoms with Crippen LogP contribution in [0.25, 0.3) is 0 Å². The van der Waals surface area contributed by atoms with Gasteiger partial charge in [-0.25, -0.2) is 0 Å². The molecule has 0 aromatic heterocycles. The Kier molecular flexibility index (Phi) is 6.40. The van der Waals surface area contributed by atoms with Crippen LogP contribution < -0.4 is 10.1 Å². The minimum Gasteiger partial charge on any atom is -0.471 e. The van der Waals surface area contributed by atoms with Gasteiger partial charge in [0.1, 0.15) is 5.75 Å². The Morgan fingerprint density at radius 3 is 1.40 bits per heavy atom. The second kappa shape index (κ2) is 10.1. The second-order valence-corrected chi connectivity index (χ2v) is 8.20. The number of benzene rings is 5. The molecule has 0 bridgehead atoms. The van der Waals surface area contributed by atoms with Gasteiger partial charge in [0.25, 0.3) is 5.91 Å². The van der Waals surface area contributed by atoms with E-state index in [9.17, 15) is 4.79 Å². The molecule has 0 saturated heterocycles. The average Bonchev–Trinajstić information content (AvgIpc) is 2.94. The van der Waals surface area contributed by atoms with Crippen LogP contribution in [-0.4, -0.2) is 5.91 Å². The van der Waals surface area contributed by atoms with E-state index in [0.717, 1.165) is 16.7 Å². The van der Waals surface area contributed by atoms with Gasteiger partial charge in [-0.05, 0) is 24.3 Å². The lowest BCUT2D eigenvalue weighted by Crippen LogP contribution is -2.36. The van der Waals surface area contributed by atoms with E-state index in [1.165, 1.54) is 0 Å². The SMILES string of the molecule is O=C(Nc1ccccc1OC(c1ccccc1)(c1ccccc1)c1ccccc1)c1ccccc1. The van der Waals surface area contributed by atoms with Crippen LogP contribution >= 0.6 is 0 Å². The van der Waals surface area contributed by atoms with Crippen LogP contribution in [0, 0.1) is 0 Å². The molecule has 0 fully saturated rings. The monoisotopic (exact) mass is 455 g/mol. The highest BCUT2D eigenvalue weighted by atomic mass is 16.5. The zero-order valence-corrected chi connectivity index (χ0v) is 19.2. The summed E-state index contributed by atoms with van der Waals surface area (Å²) >= 11 is 0. The first kappa shape index (κ1) is 22.2. The zero-order valence-electron chi connectivity index (χ0n) is 19.2. The zero-order chi connectivity index (χ0) is 23.9. The molecule has 5 rings (SSSR count). The van der Waals surface area contributed by atoms with Crippen molar-refractivity contribution in [3.05, 3.63) is 168 Å². The van der Waals surface area contributed by atoms with E-state index in [1.807, 2.05) is 97.1 Å². The van der Waals surface area contributed by atoms with Gasteiger partial charge in [-0.1, -0.05) is 121 Å². The number of carbonyl (C=O) groups is 1. The van der Waals surface area contributed by atoms with E-state index >= 15 is 0 Å². The lowest BCUT2D eigenvalue weighted by atomic mass is 9.80. The molecule has 0 aliphatic heterocycles. The maximum atomic E-state index is 13.0. The third kappa shape index (κ3) is 4.57. The molecule has 1 amide bonds. The number of hydrogen-bond donors (Lipinski definition) is 1. The Morgan fingerprint density at radius 2 is 0.914 bits per heavy atom. The van der Waals surface area contributed by atoms with E-state index in [-0.39, 0.29) is 5.91 Å². The van der Waals surface area contributed by atoms with Crippen molar-refractivity contribution in [1.82, 2.24) is 0 Å². The Balaban J connectivity index is 1.65. The van der Waals surface area contributed by atoms with Gasteiger partial charge < -0.3 is 10.1 Å². The van der Waals surface area contributed by atoms with Crippen LogP contribution in [0.1, 0.15) is 27.0 Å². The summed E-state index contributed by atoms with van der Waals surface area (Å²) in [6.07, 6.45) is 0. The fourth-order valence-corrected chi connectivity index (χ4v) is 4.30. The van der Waals surface area contributed by atoms with Crippen molar-refractivity contribution < 1.29 is 9.53 Å². The maximum Gasteiger partial charge on any atom is 0.255 e. The number of amides is 1. The summed E-state index contributed by atoms with van der Waals surface area (Å²) < 4.78 is 7.01. The number of carbonyl (C=O) groups excluding carboxylic acids is 1. The molecular formula is C32H25NO2. The first-order chi connectivity index (χ1) is 17.3. The first-order valence-corrected chi connectivity index (χ1v) is 11.6. The molecule has 0 atom stereocenters. The molecule has 170 valence electrons. The summed E-state index contributed by atoms with van der Waals surface area (Å²) in [5, 5.41) is 3.04. The molecular weight excluding hydrogens is 430 g/mol. The molecule has 0 aliphatic rings. The van der Waals surface area contributed by atoms with Gasteiger partial charge in [0.05, 0.1) is 5.69 Å². The summed E-state index contributed by atoms with van der Waals surface area (Å²) in [6, 6.07) is 47.3. The van der Waals surface area contributed by atoms with Crippen molar-refractivity contribution in [2.75, 3.05) is 5.32 Å². The second-order valence-electron chi connectivity index (χ2n) is 8.20. The lowest BCUT2D eigenvalue weighted by Gasteiger charge is -2.37. The molecule has 0 aliphatic carbocycles. The normalized spacial score (nSPS) is 11.0. The average molecular weight is 456 g/mol. The van der Waals surface area contributed by atoms with Crippen molar-refractivity contribution in [1.29, 1.82) is 0 Å². The number of para-hydroxylation sites is 2. The van der Waals surface area contributed by atoms with Gasteiger partial charge in [-0.2, -0.15) is 0 Å². The van der Waals surface area contributed by atoms with Crippen LogP contribution in [0.15, 0.2) is 146 Å². The third-order valence-electron chi connectivity index (χ3n) is 5.98. The van der Waals surface area contributed by atoms with Gasteiger partial charge in [-0.3, -0.25) is 4.79 Å². The maximum absolute atomic E-state index is 13.0. The summed E-state index contributed by atoms with van der Waals surface area (Å²) in [5.74, 6) is 0.389. The van der Waals surface area contributed by atoms with Crippen LogP contribution in [-0.2, 0) is 5.60 Å². The van der Waals surface area contributed by atoms with E-state index < -0.39 is 5.60 Å². The third-order valence-corrected chi connectivity index (χ3v) is 5.98. The van der Waals surface area contributed by atoms with Gasteiger partial charge in [-0.15, -0.1) is 0 Å². The van der Waals surface area contributed by atoms with E-state index in [0.29, 0.717) is 17.0 Å². The molecule has 35 heavy (non-hydrogen) atoms. The number of hydrogen-bond acceptors (Lipinski definition) is 2. The Morgan fingerprint density at radius 1 is 0.514 bits per heavy atom. The van der Waals surface area contributed by atoms with Gasteiger partial charge in [0.15, 0.2) is 5.60 Å². The summed E-state index contributed by atoms with van der Waals surface area (Å²) in [6.45, 7) is 0.